The highest BCUT2D eigenvalue weighted by atomic mass is 19.1. The van der Waals surface area contributed by atoms with Gasteiger partial charge in [-0.05, 0) is 64.1 Å². The van der Waals surface area contributed by atoms with Crippen molar-refractivity contribution in [1.82, 2.24) is 0 Å². The van der Waals surface area contributed by atoms with Crippen LogP contribution in [0.1, 0.15) is 22.3 Å². The zero-order chi connectivity index (χ0) is 18.6. The van der Waals surface area contributed by atoms with Gasteiger partial charge >= 0.3 is 0 Å². The highest BCUT2D eigenvalue weighted by molar-refractivity contribution is 5.88. The van der Waals surface area contributed by atoms with Gasteiger partial charge in [0.05, 0.1) is 0 Å². The molecule has 0 aliphatic heterocycles. The molecule has 4 rings (SSSR count). The van der Waals surface area contributed by atoms with E-state index in [1.54, 1.807) is 24.3 Å². The van der Waals surface area contributed by atoms with Crippen LogP contribution in [0.25, 0.3) is 17.7 Å². The van der Waals surface area contributed by atoms with E-state index < -0.39 is 0 Å². The zero-order valence-electron chi connectivity index (χ0n) is 14.7. The molecule has 3 aromatic rings. The third-order valence-electron chi connectivity index (χ3n) is 4.69. The van der Waals surface area contributed by atoms with Gasteiger partial charge in [0, 0.05) is 0 Å². The van der Waals surface area contributed by atoms with E-state index in [0.29, 0.717) is 0 Å². The topological polar surface area (TPSA) is 0 Å². The van der Waals surface area contributed by atoms with Crippen LogP contribution < -0.4 is 0 Å². The number of hydrogen-bond acceptors (Lipinski definition) is 0. The second-order valence-corrected chi connectivity index (χ2v) is 6.54. The minimum absolute atomic E-state index is 0.234. The van der Waals surface area contributed by atoms with Crippen molar-refractivity contribution < 1.29 is 8.78 Å². The van der Waals surface area contributed by atoms with Crippen LogP contribution in [0.15, 0.2) is 90.5 Å². The van der Waals surface area contributed by atoms with Crippen LogP contribution >= 0.6 is 0 Å². The lowest BCUT2D eigenvalue weighted by Gasteiger charge is -2.01. The van der Waals surface area contributed by atoms with Crippen molar-refractivity contribution in [1.29, 1.82) is 0 Å². The Morgan fingerprint density at radius 3 is 1.78 bits per heavy atom. The molecule has 0 heterocycles. The van der Waals surface area contributed by atoms with Gasteiger partial charge in [0.25, 0.3) is 0 Å². The molecule has 1 aliphatic carbocycles. The van der Waals surface area contributed by atoms with E-state index in [1.165, 1.54) is 41.0 Å². The van der Waals surface area contributed by atoms with Crippen molar-refractivity contribution in [2.75, 3.05) is 0 Å². The van der Waals surface area contributed by atoms with Gasteiger partial charge in [0.2, 0.25) is 0 Å². The predicted molar refractivity (Wildman–Crippen MR) is 108 cm³/mol. The van der Waals surface area contributed by atoms with E-state index in [1.807, 2.05) is 24.3 Å². The zero-order valence-corrected chi connectivity index (χ0v) is 14.7. The van der Waals surface area contributed by atoms with Crippen LogP contribution in [-0.2, 0) is 6.42 Å². The first kappa shape index (κ1) is 17.2. The highest BCUT2D eigenvalue weighted by Crippen LogP contribution is 2.35. The number of rotatable bonds is 4. The molecule has 0 radical (unpaired) electrons. The summed E-state index contributed by atoms with van der Waals surface area (Å²) < 4.78 is 26.2. The Morgan fingerprint density at radius 2 is 1.15 bits per heavy atom. The summed E-state index contributed by atoms with van der Waals surface area (Å²) in [5, 5.41) is 0. The van der Waals surface area contributed by atoms with E-state index in [2.05, 4.69) is 24.3 Å². The summed E-state index contributed by atoms with van der Waals surface area (Å²) in [5.74, 6) is -0.469. The normalized spacial score (nSPS) is 13.7. The standard InChI is InChI=1S/C25H18F2/c26-22-12-6-18(7-13-22)5-11-21-17-20-3-1-2-4-24(20)25(21)16-10-19-8-14-23(27)15-9-19/h1-16H,17H2/b11-5+,16-10+. The second kappa shape index (κ2) is 7.55. The van der Waals surface area contributed by atoms with Gasteiger partial charge < -0.3 is 0 Å². The first-order chi connectivity index (χ1) is 13.2. The SMILES string of the molecule is Fc1ccc(/C=C/C2=C(/C=C/c3ccc(F)cc3)c3ccccc3C2)cc1. The molecule has 0 saturated heterocycles. The first-order valence-corrected chi connectivity index (χ1v) is 8.88. The summed E-state index contributed by atoms with van der Waals surface area (Å²) in [4.78, 5) is 0. The van der Waals surface area contributed by atoms with Crippen molar-refractivity contribution in [3.05, 3.63) is 124 Å². The van der Waals surface area contributed by atoms with E-state index in [0.717, 1.165) is 23.1 Å². The van der Waals surface area contributed by atoms with Gasteiger partial charge in [-0.1, -0.05) is 72.8 Å². The number of allylic oxidation sites excluding steroid dienone is 4. The first-order valence-electron chi connectivity index (χ1n) is 8.88. The lowest BCUT2D eigenvalue weighted by Crippen LogP contribution is -1.81. The third-order valence-corrected chi connectivity index (χ3v) is 4.69. The number of fused-ring (bicyclic) bond motifs is 1. The Balaban J connectivity index is 1.68. The van der Waals surface area contributed by atoms with Gasteiger partial charge in [0.15, 0.2) is 0 Å². The van der Waals surface area contributed by atoms with Crippen molar-refractivity contribution >= 4 is 17.7 Å². The van der Waals surface area contributed by atoms with E-state index in [9.17, 15) is 8.78 Å². The maximum Gasteiger partial charge on any atom is 0.123 e. The number of hydrogen-bond donors (Lipinski definition) is 0. The maximum atomic E-state index is 13.1. The molecule has 0 N–H and O–H groups in total. The molecule has 0 aromatic heterocycles. The molecule has 0 fully saturated rings. The Hall–Kier alpha value is -3.26. The van der Waals surface area contributed by atoms with Crippen molar-refractivity contribution in [3.63, 3.8) is 0 Å². The Kier molecular flexibility index (Phi) is 4.80. The maximum absolute atomic E-state index is 13.1. The van der Waals surface area contributed by atoms with Gasteiger partial charge in [0.1, 0.15) is 11.6 Å². The van der Waals surface area contributed by atoms with Crippen LogP contribution in [0.4, 0.5) is 8.78 Å². The molecule has 0 nitrogen and oxygen atoms in total. The summed E-state index contributed by atoms with van der Waals surface area (Å²) in [6.07, 6.45) is 9.05. The molecule has 3 aromatic carbocycles. The third kappa shape index (κ3) is 3.95. The summed E-state index contributed by atoms with van der Waals surface area (Å²) in [5.41, 5.74) is 6.79. The van der Waals surface area contributed by atoms with Crippen LogP contribution in [0, 0.1) is 11.6 Å². The van der Waals surface area contributed by atoms with Crippen LogP contribution in [0.3, 0.4) is 0 Å². The average Bonchev–Trinajstić information content (AvgIpc) is 3.05. The summed E-state index contributed by atoms with van der Waals surface area (Å²) in [6, 6.07) is 21.3. The van der Waals surface area contributed by atoms with Gasteiger partial charge in [-0.3, -0.25) is 0 Å². The van der Waals surface area contributed by atoms with Gasteiger partial charge in [-0.25, -0.2) is 8.78 Å². The monoisotopic (exact) mass is 356 g/mol. The molecular formula is C25H18F2. The fraction of sp³-hybridized carbons (Fsp3) is 0.0400. The smallest absolute Gasteiger partial charge is 0.123 e. The van der Waals surface area contributed by atoms with Crippen LogP contribution in [-0.4, -0.2) is 0 Å². The quantitative estimate of drug-likeness (QED) is 0.488. The lowest BCUT2D eigenvalue weighted by molar-refractivity contribution is 0.627. The Morgan fingerprint density at radius 1 is 0.593 bits per heavy atom. The molecule has 132 valence electrons. The molecule has 2 heteroatoms. The number of benzene rings is 3. The van der Waals surface area contributed by atoms with E-state index in [4.69, 9.17) is 0 Å². The summed E-state index contributed by atoms with van der Waals surface area (Å²) in [7, 11) is 0. The van der Waals surface area contributed by atoms with Crippen LogP contribution in [0.2, 0.25) is 0 Å². The molecule has 0 bridgehead atoms. The van der Waals surface area contributed by atoms with Gasteiger partial charge in [-0.15, -0.1) is 0 Å². The van der Waals surface area contributed by atoms with Crippen molar-refractivity contribution in [3.8, 4) is 0 Å². The lowest BCUT2D eigenvalue weighted by atomic mass is 10.0. The van der Waals surface area contributed by atoms with Gasteiger partial charge in [-0.2, -0.15) is 0 Å². The summed E-state index contributed by atoms with van der Waals surface area (Å²) >= 11 is 0. The second-order valence-electron chi connectivity index (χ2n) is 6.54. The fourth-order valence-corrected chi connectivity index (χ4v) is 3.28. The molecule has 0 amide bonds. The molecule has 1 aliphatic rings. The Bertz CT molecular complexity index is 1040. The highest BCUT2D eigenvalue weighted by Gasteiger charge is 2.17. The predicted octanol–water partition coefficient (Wildman–Crippen LogP) is 6.70. The number of halogens is 2. The molecule has 0 saturated carbocycles. The fourth-order valence-electron chi connectivity index (χ4n) is 3.28. The van der Waals surface area contributed by atoms with Crippen LogP contribution in [0.5, 0.6) is 0 Å². The summed E-state index contributed by atoms with van der Waals surface area (Å²) in [6.45, 7) is 0. The van der Waals surface area contributed by atoms with E-state index in [-0.39, 0.29) is 11.6 Å². The largest absolute Gasteiger partial charge is 0.207 e. The molecular weight excluding hydrogens is 338 g/mol. The van der Waals surface area contributed by atoms with Crippen molar-refractivity contribution in [2.45, 2.75) is 6.42 Å². The molecule has 0 unspecified atom stereocenters. The minimum atomic E-state index is -0.236. The molecule has 0 spiro atoms. The van der Waals surface area contributed by atoms with Crippen molar-refractivity contribution in [2.24, 2.45) is 0 Å². The average molecular weight is 356 g/mol. The molecule has 0 atom stereocenters. The van der Waals surface area contributed by atoms with E-state index >= 15 is 0 Å². The molecule has 27 heavy (non-hydrogen) atoms. The minimum Gasteiger partial charge on any atom is -0.207 e. The Labute approximate surface area is 157 Å².